The number of furan rings is 1. The van der Waals surface area contributed by atoms with E-state index in [4.69, 9.17) is 16.0 Å². The highest BCUT2D eigenvalue weighted by Crippen LogP contribution is 2.21. The van der Waals surface area contributed by atoms with E-state index in [1.807, 2.05) is 24.3 Å². The largest absolute Gasteiger partial charge is 0.451 e. The molecule has 0 fully saturated rings. The number of nitrogens with one attached hydrogen (secondary N) is 1. The minimum Gasteiger partial charge on any atom is -0.451 e. The number of aryl methyl sites for hydroxylation is 1. The molecule has 3 rings (SSSR count). The van der Waals surface area contributed by atoms with E-state index in [2.05, 4.69) is 10.3 Å². The van der Waals surface area contributed by atoms with E-state index in [9.17, 15) is 4.79 Å². The molecule has 0 aliphatic rings. The van der Waals surface area contributed by atoms with E-state index in [1.54, 1.807) is 25.1 Å². The van der Waals surface area contributed by atoms with Crippen LogP contribution in [0, 0.1) is 6.92 Å². The van der Waals surface area contributed by atoms with Crippen LogP contribution in [-0.4, -0.2) is 10.9 Å². The Morgan fingerprint density at radius 3 is 2.80 bits per heavy atom. The monoisotopic (exact) mass is 286 g/mol. The third-order valence-corrected chi connectivity index (χ3v) is 3.16. The predicted octanol–water partition coefficient (Wildman–Crippen LogP) is 4.04. The van der Waals surface area contributed by atoms with Crippen molar-refractivity contribution in [1.82, 2.24) is 4.98 Å². The Morgan fingerprint density at radius 2 is 2.05 bits per heavy atom. The third kappa shape index (κ3) is 2.38. The van der Waals surface area contributed by atoms with E-state index in [-0.39, 0.29) is 11.7 Å². The van der Waals surface area contributed by atoms with Gasteiger partial charge in [-0.3, -0.25) is 4.79 Å². The van der Waals surface area contributed by atoms with Crippen LogP contribution < -0.4 is 5.32 Å². The van der Waals surface area contributed by atoms with Crippen molar-refractivity contribution in [2.24, 2.45) is 0 Å². The van der Waals surface area contributed by atoms with Crippen LogP contribution in [0.4, 0.5) is 5.69 Å². The molecule has 0 atom stereocenters. The van der Waals surface area contributed by atoms with Crippen LogP contribution in [0.25, 0.3) is 11.0 Å². The molecule has 20 heavy (non-hydrogen) atoms. The Bertz CT molecular complexity index is 762. The average molecular weight is 287 g/mol. The molecular formula is C15H11ClN2O2. The molecule has 0 saturated heterocycles. The van der Waals surface area contributed by atoms with Gasteiger partial charge in [0.25, 0.3) is 5.91 Å². The van der Waals surface area contributed by atoms with Gasteiger partial charge in [0.05, 0.1) is 11.4 Å². The van der Waals surface area contributed by atoms with Gasteiger partial charge in [0.2, 0.25) is 0 Å². The predicted molar refractivity (Wildman–Crippen MR) is 78.2 cm³/mol. The third-order valence-electron chi connectivity index (χ3n) is 2.95. The number of pyridine rings is 1. The fraction of sp³-hybridized carbons (Fsp3) is 0.0667. The van der Waals surface area contributed by atoms with Crippen molar-refractivity contribution in [2.45, 2.75) is 6.92 Å². The second-order valence-electron chi connectivity index (χ2n) is 4.37. The topological polar surface area (TPSA) is 55.1 Å². The average Bonchev–Trinajstić information content (AvgIpc) is 2.86. The zero-order valence-electron chi connectivity index (χ0n) is 10.7. The smallest absolute Gasteiger partial charge is 0.291 e. The maximum absolute atomic E-state index is 12.2. The van der Waals surface area contributed by atoms with Crippen molar-refractivity contribution >= 4 is 34.2 Å². The zero-order valence-corrected chi connectivity index (χ0v) is 11.4. The Hall–Kier alpha value is -2.33. The van der Waals surface area contributed by atoms with E-state index < -0.39 is 0 Å². The summed E-state index contributed by atoms with van der Waals surface area (Å²) in [6, 6.07) is 12.5. The van der Waals surface area contributed by atoms with E-state index in [0.29, 0.717) is 22.1 Å². The maximum atomic E-state index is 12.2. The fourth-order valence-electron chi connectivity index (χ4n) is 1.94. The van der Waals surface area contributed by atoms with Crippen LogP contribution in [0.3, 0.4) is 0 Å². The summed E-state index contributed by atoms with van der Waals surface area (Å²) in [5.41, 5.74) is 1.95. The van der Waals surface area contributed by atoms with Gasteiger partial charge >= 0.3 is 0 Å². The molecule has 0 aliphatic carbocycles. The van der Waals surface area contributed by atoms with Crippen LogP contribution in [0.15, 0.2) is 46.9 Å². The Morgan fingerprint density at radius 1 is 1.25 bits per heavy atom. The van der Waals surface area contributed by atoms with Crippen molar-refractivity contribution in [3.05, 3.63) is 59.1 Å². The molecule has 2 heterocycles. The molecule has 0 saturated carbocycles. The van der Waals surface area contributed by atoms with Gasteiger partial charge in [-0.05, 0) is 31.2 Å². The van der Waals surface area contributed by atoms with Gasteiger partial charge in [-0.2, -0.15) is 0 Å². The number of fused-ring (bicyclic) bond motifs is 1. The van der Waals surface area contributed by atoms with Crippen LogP contribution in [0.1, 0.15) is 16.2 Å². The van der Waals surface area contributed by atoms with E-state index >= 15 is 0 Å². The lowest BCUT2D eigenvalue weighted by Crippen LogP contribution is -2.12. The van der Waals surface area contributed by atoms with Gasteiger partial charge in [0.15, 0.2) is 5.76 Å². The molecule has 0 spiro atoms. The SMILES string of the molecule is Cc1nc(Cl)ccc1NC(=O)c1cc2ccccc2o1. The highest BCUT2D eigenvalue weighted by atomic mass is 35.5. The Labute approximate surface area is 120 Å². The summed E-state index contributed by atoms with van der Waals surface area (Å²) in [5.74, 6) is -0.0472. The molecule has 1 aromatic carbocycles. The standard InChI is InChI=1S/C15H11ClN2O2/c1-9-11(6-7-14(16)17-9)18-15(19)13-8-10-4-2-3-5-12(10)20-13/h2-8H,1H3,(H,18,19). The first-order valence-corrected chi connectivity index (χ1v) is 6.44. The summed E-state index contributed by atoms with van der Waals surface area (Å²) in [4.78, 5) is 16.2. The van der Waals surface area contributed by atoms with Gasteiger partial charge in [0, 0.05) is 5.39 Å². The summed E-state index contributed by atoms with van der Waals surface area (Å²) >= 11 is 5.78. The molecule has 4 nitrogen and oxygen atoms in total. The number of amides is 1. The van der Waals surface area contributed by atoms with Crippen molar-refractivity contribution < 1.29 is 9.21 Å². The number of benzene rings is 1. The highest BCUT2D eigenvalue weighted by molar-refractivity contribution is 6.29. The van der Waals surface area contributed by atoms with Gasteiger partial charge in [-0.25, -0.2) is 4.98 Å². The number of carbonyl (C=O) groups excluding carboxylic acids is 1. The Balaban J connectivity index is 1.89. The van der Waals surface area contributed by atoms with Crippen LogP contribution >= 0.6 is 11.6 Å². The summed E-state index contributed by atoms with van der Waals surface area (Å²) in [5, 5.41) is 4.05. The zero-order chi connectivity index (χ0) is 14.1. The van der Waals surface area contributed by atoms with E-state index in [1.165, 1.54) is 0 Å². The first-order chi connectivity index (χ1) is 9.63. The molecule has 2 aromatic heterocycles. The van der Waals surface area contributed by atoms with Crippen LogP contribution in [0.2, 0.25) is 5.15 Å². The lowest BCUT2D eigenvalue weighted by Gasteiger charge is -2.06. The Kier molecular flexibility index (Phi) is 3.16. The fourth-order valence-corrected chi connectivity index (χ4v) is 2.13. The number of aromatic nitrogens is 1. The molecule has 0 radical (unpaired) electrons. The number of carbonyl (C=O) groups is 1. The van der Waals surface area contributed by atoms with Gasteiger partial charge in [-0.15, -0.1) is 0 Å². The lowest BCUT2D eigenvalue weighted by atomic mass is 10.2. The number of anilines is 1. The second kappa shape index (κ2) is 4.98. The number of para-hydroxylation sites is 1. The second-order valence-corrected chi connectivity index (χ2v) is 4.76. The molecular weight excluding hydrogens is 276 g/mol. The van der Waals surface area contributed by atoms with E-state index in [0.717, 1.165) is 5.39 Å². The van der Waals surface area contributed by atoms with Gasteiger partial charge in [0.1, 0.15) is 10.7 Å². The molecule has 0 unspecified atom stereocenters. The van der Waals surface area contributed by atoms with Crippen molar-refractivity contribution in [1.29, 1.82) is 0 Å². The normalized spacial score (nSPS) is 10.7. The quantitative estimate of drug-likeness (QED) is 0.723. The minimum atomic E-state index is -0.312. The van der Waals surface area contributed by atoms with Crippen molar-refractivity contribution in [3.63, 3.8) is 0 Å². The first-order valence-electron chi connectivity index (χ1n) is 6.06. The molecule has 0 bridgehead atoms. The lowest BCUT2D eigenvalue weighted by molar-refractivity contribution is 0.0998. The maximum Gasteiger partial charge on any atom is 0.291 e. The molecule has 100 valence electrons. The number of hydrogen-bond donors (Lipinski definition) is 1. The highest BCUT2D eigenvalue weighted by Gasteiger charge is 2.13. The molecule has 3 aromatic rings. The molecule has 1 amide bonds. The summed E-state index contributed by atoms with van der Waals surface area (Å²) in [7, 11) is 0. The number of hydrogen-bond acceptors (Lipinski definition) is 3. The molecule has 5 heteroatoms. The van der Waals surface area contributed by atoms with Crippen molar-refractivity contribution in [3.8, 4) is 0 Å². The van der Waals surface area contributed by atoms with Crippen LogP contribution in [0.5, 0.6) is 0 Å². The first kappa shape index (κ1) is 12.7. The van der Waals surface area contributed by atoms with Crippen molar-refractivity contribution in [2.75, 3.05) is 5.32 Å². The molecule has 0 aliphatic heterocycles. The number of halogens is 1. The summed E-state index contributed by atoms with van der Waals surface area (Å²) in [6.45, 7) is 1.78. The van der Waals surface area contributed by atoms with Crippen LogP contribution in [-0.2, 0) is 0 Å². The van der Waals surface area contributed by atoms with Gasteiger partial charge < -0.3 is 9.73 Å². The summed E-state index contributed by atoms with van der Waals surface area (Å²) in [6.07, 6.45) is 0. The number of nitrogens with zero attached hydrogens (tertiary/aromatic N) is 1. The van der Waals surface area contributed by atoms with Gasteiger partial charge in [-0.1, -0.05) is 29.8 Å². The minimum absolute atomic E-state index is 0.264. The number of rotatable bonds is 2. The molecule has 1 N–H and O–H groups in total. The summed E-state index contributed by atoms with van der Waals surface area (Å²) < 4.78 is 5.51.